The van der Waals surface area contributed by atoms with Crippen LogP contribution in [-0.4, -0.2) is 23.4 Å². The zero-order valence-corrected chi connectivity index (χ0v) is 14.4. The standard InChI is InChI=1S/C16H15ClN4O2S/c1-16(5-6-16)14-4-7-18-15(20-14)21-24(22,23)13-9-19-12-8-10(17)2-3-11(12)13/h2-4,7-9,19H,5-6H2,1H3,(H,18,20,21). The molecule has 0 spiro atoms. The predicted molar refractivity (Wildman–Crippen MR) is 92.7 cm³/mol. The average Bonchev–Trinajstić information content (AvgIpc) is 3.14. The van der Waals surface area contributed by atoms with E-state index in [0.29, 0.717) is 15.9 Å². The molecule has 2 N–H and O–H groups in total. The quantitative estimate of drug-likeness (QED) is 0.743. The number of rotatable bonds is 4. The van der Waals surface area contributed by atoms with Crippen molar-refractivity contribution in [3.05, 3.63) is 47.4 Å². The molecule has 4 rings (SSSR count). The van der Waals surface area contributed by atoms with Gasteiger partial charge in [0, 0.05) is 33.7 Å². The highest BCUT2D eigenvalue weighted by Gasteiger charge is 2.40. The number of sulfonamides is 1. The lowest BCUT2D eigenvalue weighted by molar-refractivity contribution is 0.601. The van der Waals surface area contributed by atoms with Gasteiger partial charge < -0.3 is 4.98 Å². The fourth-order valence-electron chi connectivity index (χ4n) is 2.66. The number of H-pyrrole nitrogens is 1. The van der Waals surface area contributed by atoms with Crippen LogP contribution in [0, 0.1) is 0 Å². The van der Waals surface area contributed by atoms with Crippen LogP contribution >= 0.6 is 11.6 Å². The first-order chi connectivity index (χ1) is 11.4. The van der Waals surface area contributed by atoms with Crippen LogP contribution in [0.1, 0.15) is 25.5 Å². The van der Waals surface area contributed by atoms with E-state index in [1.54, 1.807) is 24.4 Å². The summed E-state index contributed by atoms with van der Waals surface area (Å²) in [6.07, 6.45) is 5.13. The highest BCUT2D eigenvalue weighted by molar-refractivity contribution is 7.93. The number of nitrogens with zero attached hydrogens (tertiary/aromatic N) is 2. The Morgan fingerprint density at radius 2 is 2.08 bits per heavy atom. The molecule has 0 amide bonds. The molecule has 124 valence electrons. The van der Waals surface area contributed by atoms with E-state index >= 15 is 0 Å². The van der Waals surface area contributed by atoms with Gasteiger partial charge >= 0.3 is 0 Å². The second-order valence-corrected chi connectivity index (χ2v) is 8.36. The van der Waals surface area contributed by atoms with Gasteiger partial charge in [0.05, 0.1) is 5.69 Å². The molecule has 1 aliphatic carbocycles. The minimum Gasteiger partial charge on any atom is -0.360 e. The summed E-state index contributed by atoms with van der Waals surface area (Å²) in [5, 5.41) is 1.10. The molecule has 0 atom stereocenters. The lowest BCUT2D eigenvalue weighted by atomic mass is 10.1. The van der Waals surface area contributed by atoms with Gasteiger partial charge in [-0.1, -0.05) is 18.5 Å². The number of aromatic nitrogens is 3. The number of fused-ring (bicyclic) bond motifs is 1. The number of anilines is 1. The van der Waals surface area contributed by atoms with E-state index in [1.807, 2.05) is 6.07 Å². The van der Waals surface area contributed by atoms with Crippen molar-refractivity contribution in [1.82, 2.24) is 15.0 Å². The molecular weight excluding hydrogens is 348 g/mol. The molecule has 6 nitrogen and oxygen atoms in total. The van der Waals surface area contributed by atoms with Crippen molar-refractivity contribution in [2.75, 3.05) is 4.72 Å². The van der Waals surface area contributed by atoms with E-state index in [4.69, 9.17) is 11.6 Å². The van der Waals surface area contributed by atoms with Gasteiger partial charge in [-0.2, -0.15) is 0 Å². The van der Waals surface area contributed by atoms with Crippen LogP contribution in [0.25, 0.3) is 10.9 Å². The Kier molecular flexibility index (Phi) is 3.33. The van der Waals surface area contributed by atoms with Crippen LogP contribution in [0.5, 0.6) is 0 Å². The van der Waals surface area contributed by atoms with Crippen LogP contribution in [0.2, 0.25) is 5.02 Å². The number of benzene rings is 1. The molecule has 8 heteroatoms. The van der Waals surface area contributed by atoms with Gasteiger partial charge in [0.1, 0.15) is 4.90 Å². The number of hydrogen-bond acceptors (Lipinski definition) is 4. The third-order valence-electron chi connectivity index (χ3n) is 4.39. The van der Waals surface area contributed by atoms with Gasteiger partial charge in [-0.3, -0.25) is 0 Å². The van der Waals surface area contributed by atoms with E-state index in [0.717, 1.165) is 18.5 Å². The largest absolute Gasteiger partial charge is 0.360 e. The van der Waals surface area contributed by atoms with Gasteiger partial charge in [0.2, 0.25) is 5.95 Å². The van der Waals surface area contributed by atoms with E-state index in [2.05, 4.69) is 26.6 Å². The monoisotopic (exact) mass is 362 g/mol. The highest BCUT2D eigenvalue weighted by Crippen LogP contribution is 2.46. The van der Waals surface area contributed by atoms with E-state index < -0.39 is 10.0 Å². The van der Waals surface area contributed by atoms with Crippen molar-refractivity contribution >= 4 is 38.5 Å². The molecule has 0 bridgehead atoms. The van der Waals surface area contributed by atoms with E-state index in [1.165, 1.54) is 6.20 Å². The summed E-state index contributed by atoms with van der Waals surface area (Å²) in [7, 11) is -3.80. The Morgan fingerprint density at radius 3 is 2.83 bits per heavy atom. The molecule has 1 aromatic carbocycles. The molecule has 1 aliphatic rings. The first kappa shape index (κ1) is 15.4. The maximum Gasteiger partial charge on any atom is 0.266 e. The van der Waals surface area contributed by atoms with Crippen LogP contribution < -0.4 is 4.72 Å². The van der Waals surface area contributed by atoms with Crippen molar-refractivity contribution in [3.63, 3.8) is 0 Å². The summed E-state index contributed by atoms with van der Waals surface area (Å²) in [5.41, 5.74) is 1.56. The Balaban J connectivity index is 1.70. The third kappa shape index (κ3) is 2.63. The fourth-order valence-corrected chi connectivity index (χ4v) is 3.96. The summed E-state index contributed by atoms with van der Waals surface area (Å²) in [4.78, 5) is 11.5. The van der Waals surface area contributed by atoms with Gasteiger partial charge in [0.25, 0.3) is 10.0 Å². The normalized spacial score (nSPS) is 16.2. The van der Waals surface area contributed by atoms with Crippen molar-refractivity contribution in [2.45, 2.75) is 30.1 Å². The molecule has 3 aromatic rings. The SMILES string of the molecule is CC1(c2ccnc(NS(=O)(=O)c3c[nH]c4cc(Cl)ccc34)n2)CC1. The Hall–Kier alpha value is -2.12. The summed E-state index contributed by atoms with van der Waals surface area (Å²) in [6, 6.07) is 6.84. The highest BCUT2D eigenvalue weighted by atomic mass is 35.5. The summed E-state index contributed by atoms with van der Waals surface area (Å²) >= 11 is 5.93. The number of aromatic amines is 1. The molecule has 0 unspecified atom stereocenters. The second kappa shape index (κ2) is 5.19. The fraction of sp³-hybridized carbons (Fsp3) is 0.250. The van der Waals surface area contributed by atoms with Crippen molar-refractivity contribution in [2.24, 2.45) is 0 Å². The summed E-state index contributed by atoms with van der Waals surface area (Å²) in [6.45, 7) is 2.11. The Morgan fingerprint density at radius 1 is 1.29 bits per heavy atom. The van der Waals surface area contributed by atoms with Crippen LogP contribution in [0.15, 0.2) is 41.6 Å². The molecule has 1 saturated carbocycles. The summed E-state index contributed by atoms with van der Waals surface area (Å²) < 4.78 is 27.9. The van der Waals surface area contributed by atoms with Crippen molar-refractivity contribution in [1.29, 1.82) is 0 Å². The number of hydrogen-bond donors (Lipinski definition) is 2. The molecule has 2 aromatic heterocycles. The lowest BCUT2D eigenvalue weighted by Gasteiger charge is -2.10. The van der Waals surface area contributed by atoms with E-state index in [-0.39, 0.29) is 16.3 Å². The molecule has 0 radical (unpaired) electrons. The van der Waals surface area contributed by atoms with Gasteiger partial charge in [-0.15, -0.1) is 0 Å². The number of halogens is 1. The topological polar surface area (TPSA) is 87.7 Å². The average molecular weight is 363 g/mol. The van der Waals surface area contributed by atoms with Crippen molar-refractivity contribution < 1.29 is 8.42 Å². The maximum atomic E-state index is 12.7. The minimum atomic E-state index is -3.80. The molecule has 24 heavy (non-hydrogen) atoms. The Bertz CT molecular complexity index is 1040. The van der Waals surface area contributed by atoms with E-state index in [9.17, 15) is 8.42 Å². The molecule has 2 heterocycles. The van der Waals surface area contributed by atoms with Crippen LogP contribution in [0.4, 0.5) is 5.95 Å². The zero-order valence-electron chi connectivity index (χ0n) is 12.9. The van der Waals surface area contributed by atoms with Gasteiger partial charge in [0.15, 0.2) is 0 Å². The summed E-state index contributed by atoms with van der Waals surface area (Å²) in [5.74, 6) is 0.0870. The predicted octanol–water partition coefficient (Wildman–Crippen LogP) is 3.46. The van der Waals surface area contributed by atoms with Gasteiger partial charge in [-0.05, 0) is 37.1 Å². The lowest BCUT2D eigenvalue weighted by Crippen LogP contribution is -2.16. The van der Waals surface area contributed by atoms with Crippen LogP contribution in [-0.2, 0) is 15.4 Å². The number of nitrogens with one attached hydrogen (secondary N) is 2. The second-order valence-electron chi connectivity index (χ2n) is 6.27. The minimum absolute atomic E-state index is 0.0423. The maximum absolute atomic E-state index is 12.7. The molecule has 0 saturated heterocycles. The smallest absolute Gasteiger partial charge is 0.266 e. The molecular formula is C16H15ClN4O2S. The molecule has 0 aliphatic heterocycles. The zero-order chi connectivity index (χ0) is 16.9. The third-order valence-corrected chi connectivity index (χ3v) is 6.00. The Labute approximate surface area is 144 Å². The molecule has 1 fully saturated rings. The van der Waals surface area contributed by atoms with Gasteiger partial charge in [-0.25, -0.2) is 23.1 Å². The van der Waals surface area contributed by atoms with Crippen molar-refractivity contribution in [3.8, 4) is 0 Å². The first-order valence-corrected chi connectivity index (χ1v) is 9.37. The van der Waals surface area contributed by atoms with Crippen LogP contribution in [0.3, 0.4) is 0 Å². The first-order valence-electron chi connectivity index (χ1n) is 7.50.